The van der Waals surface area contributed by atoms with Crippen molar-refractivity contribution in [2.45, 2.75) is 0 Å². The van der Waals surface area contributed by atoms with Crippen molar-refractivity contribution in [2.75, 3.05) is 14.2 Å². The summed E-state index contributed by atoms with van der Waals surface area (Å²) < 4.78 is 14.1. The molecule has 0 atom stereocenters. The van der Waals surface area contributed by atoms with Gasteiger partial charge in [0.05, 0.1) is 30.9 Å². The Morgan fingerprint density at radius 1 is 1.05 bits per heavy atom. The lowest BCUT2D eigenvalue weighted by Gasteiger charge is -2.08. The summed E-state index contributed by atoms with van der Waals surface area (Å²) in [7, 11) is 3.29. The number of ether oxygens (including phenoxy) is 2. The van der Waals surface area contributed by atoms with Gasteiger partial charge in [-0.3, -0.25) is 4.57 Å². The van der Waals surface area contributed by atoms with E-state index in [0.717, 1.165) is 32.7 Å². The molecular weight excluding hydrogens is 352 g/mol. The maximum Gasteiger partial charge on any atom is 0.182 e. The quantitative estimate of drug-likeness (QED) is 0.697. The second kappa shape index (κ2) is 5.54. The zero-order valence-electron chi connectivity index (χ0n) is 11.5. The molecular formula is C15H13BrN2O2S. The molecule has 21 heavy (non-hydrogen) atoms. The second-order valence-corrected chi connectivity index (χ2v) is 5.80. The summed E-state index contributed by atoms with van der Waals surface area (Å²) in [5.74, 6) is 1.56. The van der Waals surface area contributed by atoms with Gasteiger partial charge in [0.1, 0.15) is 11.5 Å². The van der Waals surface area contributed by atoms with Crippen LogP contribution in [0.3, 0.4) is 0 Å². The highest BCUT2D eigenvalue weighted by Crippen LogP contribution is 2.28. The third-order valence-corrected chi connectivity index (χ3v) is 3.98. The van der Waals surface area contributed by atoms with Gasteiger partial charge in [0.2, 0.25) is 0 Å². The number of aromatic amines is 1. The van der Waals surface area contributed by atoms with Crippen LogP contribution in [0.1, 0.15) is 0 Å². The number of benzene rings is 2. The van der Waals surface area contributed by atoms with Gasteiger partial charge in [-0.2, -0.15) is 0 Å². The van der Waals surface area contributed by atoms with Gasteiger partial charge in [-0.05, 0) is 36.5 Å². The van der Waals surface area contributed by atoms with Crippen LogP contribution in [0, 0.1) is 4.77 Å². The van der Waals surface area contributed by atoms with Crippen molar-refractivity contribution in [3.05, 3.63) is 45.6 Å². The first-order chi connectivity index (χ1) is 10.1. The molecule has 2 aromatic carbocycles. The molecule has 3 rings (SSSR count). The largest absolute Gasteiger partial charge is 0.497 e. The summed E-state index contributed by atoms with van der Waals surface area (Å²) >= 11 is 8.94. The summed E-state index contributed by atoms with van der Waals surface area (Å²) in [6.45, 7) is 0. The van der Waals surface area contributed by atoms with E-state index in [1.807, 2.05) is 41.0 Å². The van der Waals surface area contributed by atoms with E-state index < -0.39 is 0 Å². The van der Waals surface area contributed by atoms with Crippen molar-refractivity contribution in [1.29, 1.82) is 0 Å². The van der Waals surface area contributed by atoms with Crippen LogP contribution in [0.2, 0.25) is 0 Å². The summed E-state index contributed by atoms with van der Waals surface area (Å²) in [6, 6.07) is 11.7. The molecule has 0 aliphatic heterocycles. The Bertz CT molecular complexity index is 870. The molecule has 0 saturated carbocycles. The normalized spacial score (nSPS) is 10.8. The van der Waals surface area contributed by atoms with Crippen molar-refractivity contribution in [3.63, 3.8) is 0 Å². The predicted octanol–water partition coefficient (Wildman–Crippen LogP) is 4.47. The number of rotatable bonds is 3. The first kappa shape index (κ1) is 14.2. The van der Waals surface area contributed by atoms with E-state index in [9.17, 15) is 0 Å². The van der Waals surface area contributed by atoms with E-state index in [-0.39, 0.29) is 0 Å². The highest BCUT2D eigenvalue weighted by molar-refractivity contribution is 9.10. The zero-order chi connectivity index (χ0) is 15.0. The summed E-state index contributed by atoms with van der Waals surface area (Å²) in [5, 5.41) is 0. The van der Waals surface area contributed by atoms with E-state index in [0.29, 0.717) is 4.77 Å². The predicted molar refractivity (Wildman–Crippen MR) is 89.3 cm³/mol. The monoisotopic (exact) mass is 364 g/mol. The Kier molecular flexibility index (Phi) is 3.73. The van der Waals surface area contributed by atoms with Crippen LogP contribution >= 0.6 is 28.1 Å². The van der Waals surface area contributed by atoms with Crippen molar-refractivity contribution in [2.24, 2.45) is 0 Å². The summed E-state index contributed by atoms with van der Waals surface area (Å²) in [4.78, 5) is 3.20. The van der Waals surface area contributed by atoms with E-state index in [1.54, 1.807) is 14.2 Å². The lowest BCUT2D eigenvalue weighted by Crippen LogP contribution is -1.95. The Morgan fingerprint density at radius 2 is 1.81 bits per heavy atom. The van der Waals surface area contributed by atoms with Crippen molar-refractivity contribution >= 4 is 39.2 Å². The number of hydrogen-bond donors (Lipinski definition) is 1. The Hall–Kier alpha value is -1.79. The van der Waals surface area contributed by atoms with Gasteiger partial charge in [0.15, 0.2) is 4.77 Å². The van der Waals surface area contributed by atoms with Crippen LogP contribution in [0.5, 0.6) is 11.5 Å². The second-order valence-electron chi connectivity index (χ2n) is 4.50. The summed E-state index contributed by atoms with van der Waals surface area (Å²) in [6.07, 6.45) is 0. The molecule has 0 fully saturated rings. The molecule has 0 bridgehead atoms. The molecule has 3 aromatic rings. The molecule has 0 aliphatic carbocycles. The van der Waals surface area contributed by atoms with Crippen LogP contribution in [0.4, 0.5) is 0 Å². The van der Waals surface area contributed by atoms with E-state index in [2.05, 4.69) is 20.9 Å². The highest BCUT2D eigenvalue weighted by atomic mass is 79.9. The minimum Gasteiger partial charge on any atom is -0.497 e. The Balaban J connectivity index is 2.27. The van der Waals surface area contributed by atoms with Gasteiger partial charge in [-0.25, -0.2) is 0 Å². The number of H-pyrrole nitrogens is 1. The van der Waals surface area contributed by atoms with E-state index in [4.69, 9.17) is 21.7 Å². The third kappa shape index (κ3) is 2.56. The molecule has 0 spiro atoms. The smallest absolute Gasteiger partial charge is 0.182 e. The van der Waals surface area contributed by atoms with Gasteiger partial charge in [-0.1, -0.05) is 15.9 Å². The third-order valence-electron chi connectivity index (χ3n) is 3.24. The van der Waals surface area contributed by atoms with Crippen LogP contribution in [-0.4, -0.2) is 23.8 Å². The fourth-order valence-electron chi connectivity index (χ4n) is 2.27. The van der Waals surface area contributed by atoms with Crippen LogP contribution in [0.15, 0.2) is 40.9 Å². The SMILES string of the molecule is COc1cc(Br)cc(-n2c(=S)[nH]c3cc(OC)ccc32)c1. The number of aromatic nitrogens is 2. The first-order valence-electron chi connectivity index (χ1n) is 6.26. The topological polar surface area (TPSA) is 39.2 Å². The van der Waals surface area contributed by atoms with Crippen LogP contribution in [0.25, 0.3) is 16.7 Å². The number of halogens is 1. The Labute approximate surface area is 135 Å². The molecule has 1 aromatic heterocycles. The highest BCUT2D eigenvalue weighted by Gasteiger charge is 2.09. The number of imidazole rings is 1. The lowest BCUT2D eigenvalue weighted by atomic mass is 10.2. The van der Waals surface area contributed by atoms with Crippen LogP contribution < -0.4 is 9.47 Å². The molecule has 0 amide bonds. The molecule has 6 heteroatoms. The minimum absolute atomic E-state index is 0.624. The average molecular weight is 365 g/mol. The van der Waals surface area contributed by atoms with Crippen molar-refractivity contribution in [1.82, 2.24) is 9.55 Å². The number of hydrogen-bond acceptors (Lipinski definition) is 3. The van der Waals surface area contributed by atoms with Crippen molar-refractivity contribution in [3.8, 4) is 17.2 Å². The van der Waals surface area contributed by atoms with Crippen LogP contribution in [-0.2, 0) is 0 Å². The van der Waals surface area contributed by atoms with Gasteiger partial charge in [0, 0.05) is 16.6 Å². The minimum atomic E-state index is 0.624. The van der Waals surface area contributed by atoms with Gasteiger partial charge < -0.3 is 14.5 Å². The van der Waals surface area contributed by atoms with Crippen molar-refractivity contribution < 1.29 is 9.47 Å². The zero-order valence-corrected chi connectivity index (χ0v) is 13.9. The maximum atomic E-state index is 5.45. The lowest BCUT2D eigenvalue weighted by molar-refractivity contribution is 0.414. The standard InChI is InChI=1S/C15H13BrN2O2S/c1-19-11-3-4-14-13(8-11)17-15(21)18(14)10-5-9(16)6-12(7-10)20-2/h3-8H,1-2H3,(H,17,21). The maximum absolute atomic E-state index is 5.45. The van der Waals surface area contributed by atoms with E-state index >= 15 is 0 Å². The number of fused-ring (bicyclic) bond motifs is 1. The molecule has 1 heterocycles. The Morgan fingerprint density at radius 3 is 2.52 bits per heavy atom. The number of nitrogens with one attached hydrogen (secondary N) is 1. The molecule has 0 saturated heterocycles. The molecule has 0 radical (unpaired) electrons. The molecule has 1 N–H and O–H groups in total. The molecule has 108 valence electrons. The summed E-state index contributed by atoms with van der Waals surface area (Å²) in [5.41, 5.74) is 2.85. The van der Waals surface area contributed by atoms with Gasteiger partial charge >= 0.3 is 0 Å². The first-order valence-corrected chi connectivity index (χ1v) is 7.46. The van der Waals surface area contributed by atoms with E-state index in [1.165, 1.54) is 0 Å². The number of nitrogens with zero attached hydrogens (tertiary/aromatic N) is 1. The average Bonchev–Trinajstić information content (AvgIpc) is 2.81. The van der Waals surface area contributed by atoms with Gasteiger partial charge in [-0.15, -0.1) is 0 Å². The molecule has 4 nitrogen and oxygen atoms in total. The molecule has 0 unspecified atom stereocenters. The molecule has 0 aliphatic rings. The fraction of sp³-hybridized carbons (Fsp3) is 0.133. The van der Waals surface area contributed by atoms with Gasteiger partial charge in [0.25, 0.3) is 0 Å². The number of methoxy groups -OCH3 is 2. The fourth-order valence-corrected chi connectivity index (χ4v) is 3.04.